The van der Waals surface area contributed by atoms with Crippen LogP contribution in [0.3, 0.4) is 0 Å². The zero-order chi connectivity index (χ0) is 15.1. The van der Waals surface area contributed by atoms with Crippen molar-refractivity contribution in [1.29, 1.82) is 0 Å². The Balaban J connectivity index is 2.21. The summed E-state index contributed by atoms with van der Waals surface area (Å²) in [5.74, 6) is 1.84. The molecule has 1 N–H and O–H groups in total. The quantitative estimate of drug-likeness (QED) is 0.791. The van der Waals surface area contributed by atoms with Crippen LogP contribution in [0.2, 0.25) is 0 Å². The van der Waals surface area contributed by atoms with Gasteiger partial charge in [-0.2, -0.15) is 0 Å². The fourth-order valence-corrected chi connectivity index (χ4v) is 3.14. The van der Waals surface area contributed by atoms with Crippen molar-refractivity contribution in [3.63, 3.8) is 0 Å². The zero-order valence-corrected chi connectivity index (χ0v) is 13.7. The van der Waals surface area contributed by atoms with Gasteiger partial charge in [-0.3, -0.25) is 0 Å². The number of nitrogens with one attached hydrogen (secondary N) is 1. The molecular formula is C17H23NO2S. The van der Waals surface area contributed by atoms with E-state index in [4.69, 9.17) is 9.47 Å². The molecular weight excluding hydrogens is 282 g/mol. The van der Waals surface area contributed by atoms with E-state index >= 15 is 0 Å². The second kappa shape index (κ2) is 8.05. The van der Waals surface area contributed by atoms with Crippen LogP contribution in [-0.4, -0.2) is 20.3 Å². The molecule has 2 rings (SSSR count). The smallest absolute Gasteiger partial charge is 0.129 e. The molecule has 0 fully saturated rings. The first-order chi connectivity index (χ1) is 10.3. The lowest BCUT2D eigenvalue weighted by atomic mass is 10.0. The summed E-state index contributed by atoms with van der Waals surface area (Å²) in [5, 5.41) is 5.65. The van der Waals surface area contributed by atoms with E-state index in [1.807, 2.05) is 24.4 Å². The molecule has 0 saturated carbocycles. The summed E-state index contributed by atoms with van der Waals surface area (Å²) in [5.41, 5.74) is 1.25. The number of ether oxygens (including phenoxy) is 2. The van der Waals surface area contributed by atoms with E-state index in [0.29, 0.717) is 6.61 Å². The first kappa shape index (κ1) is 15.9. The monoisotopic (exact) mass is 305 g/mol. The molecule has 0 amide bonds. The standard InChI is InChI=1S/C17H23NO2S/c1-4-10-18-17(16-11-15(19-3)12-21-16)13-6-8-14(9-7-13)20-5-2/h6-9,11-12,17-18H,4-5,10H2,1-3H3. The molecule has 1 heterocycles. The lowest BCUT2D eigenvalue weighted by Gasteiger charge is -2.18. The summed E-state index contributed by atoms with van der Waals surface area (Å²) in [6.45, 7) is 5.85. The largest absolute Gasteiger partial charge is 0.496 e. The highest BCUT2D eigenvalue weighted by atomic mass is 32.1. The molecule has 114 valence electrons. The van der Waals surface area contributed by atoms with Crippen LogP contribution in [0.4, 0.5) is 0 Å². The van der Waals surface area contributed by atoms with Crippen LogP contribution in [0.5, 0.6) is 11.5 Å². The van der Waals surface area contributed by atoms with Gasteiger partial charge in [0, 0.05) is 10.3 Å². The van der Waals surface area contributed by atoms with Crippen LogP contribution in [0.15, 0.2) is 35.7 Å². The van der Waals surface area contributed by atoms with E-state index in [9.17, 15) is 0 Å². The second-order valence-corrected chi connectivity index (χ2v) is 5.72. The highest BCUT2D eigenvalue weighted by Gasteiger charge is 2.16. The molecule has 0 spiro atoms. The van der Waals surface area contributed by atoms with Gasteiger partial charge < -0.3 is 14.8 Å². The van der Waals surface area contributed by atoms with Gasteiger partial charge >= 0.3 is 0 Å². The normalized spacial score (nSPS) is 12.1. The number of hydrogen-bond acceptors (Lipinski definition) is 4. The van der Waals surface area contributed by atoms with E-state index in [-0.39, 0.29) is 6.04 Å². The lowest BCUT2D eigenvalue weighted by molar-refractivity contribution is 0.340. The van der Waals surface area contributed by atoms with Gasteiger partial charge in [-0.1, -0.05) is 19.1 Å². The summed E-state index contributed by atoms with van der Waals surface area (Å²) in [4.78, 5) is 1.27. The highest BCUT2D eigenvalue weighted by Crippen LogP contribution is 2.31. The van der Waals surface area contributed by atoms with Crippen molar-refractivity contribution in [3.05, 3.63) is 46.2 Å². The molecule has 21 heavy (non-hydrogen) atoms. The Bertz CT molecular complexity index is 536. The van der Waals surface area contributed by atoms with Crippen molar-refractivity contribution in [3.8, 4) is 11.5 Å². The van der Waals surface area contributed by atoms with Crippen molar-refractivity contribution in [2.45, 2.75) is 26.3 Å². The first-order valence-corrected chi connectivity index (χ1v) is 8.25. The van der Waals surface area contributed by atoms with Gasteiger partial charge in [0.05, 0.1) is 19.8 Å². The van der Waals surface area contributed by atoms with Crippen molar-refractivity contribution >= 4 is 11.3 Å². The number of benzene rings is 1. The second-order valence-electron chi connectivity index (χ2n) is 4.78. The Hall–Kier alpha value is -1.52. The minimum atomic E-state index is 0.203. The third kappa shape index (κ3) is 4.22. The Morgan fingerprint density at radius 1 is 1.14 bits per heavy atom. The van der Waals surface area contributed by atoms with Crippen LogP contribution in [0.1, 0.15) is 36.8 Å². The van der Waals surface area contributed by atoms with E-state index in [1.165, 1.54) is 10.4 Å². The first-order valence-electron chi connectivity index (χ1n) is 7.37. The van der Waals surface area contributed by atoms with Crippen LogP contribution >= 0.6 is 11.3 Å². The maximum atomic E-state index is 5.51. The molecule has 1 aromatic heterocycles. The van der Waals surface area contributed by atoms with Gasteiger partial charge in [-0.25, -0.2) is 0 Å². The molecule has 1 atom stereocenters. The van der Waals surface area contributed by atoms with Crippen LogP contribution in [0.25, 0.3) is 0 Å². The van der Waals surface area contributed by atoms with Gasteiger partial charge in [0.25, 0.3) is 0 Å². The van der Waals surface area contributed by atoms with Gasteiger partial charge in [0.1, 0.15) is 11.5 Å². The summed E-state index contributed by atoms with van der Waals surface area (Å²) in [6, 6.07) is 10.6. The van der Waals surface area contributed by atoms with Crippen LogP contribution in [-0.2, 0) is 0 Å². The van der Waals surface area contributed by atoms with Crippen molar-refractivity contribution in [2.24, 2.45) is 0 Å². The molecule has 0 aliphatic rings. The molecule has 2 aromatic rings. The predicted octanol–water partition coefficient (Wildman–Crippen LogP) is 4.24. The zero-order valence-electron chi connectivity index (χ0n) is 12.9. The average Bonchev–Trinajstić information content (AvgIpc) is 2.98. The van der Waals surface area contributed by atoms with E-state index in [0.717, 1.165) is 24.5 Å². The maximum absolute atomic E-state index is 5.51. The van der Waals surface area contributed by atoms with Crippen LogP contribution < -0.4 is 14.8 Å². The molecule has 0 saturated heterocycles. The molecule has 0 radical (unpaired) electrons. The molecule has 1 aromatic carbocycles. The molecule has 0 bridgehead atoms. The number of methoxy groups -OCH3 is 1. The van der Waals surface area contributed by atoms with Gasteiger partial charge in [0.15, 0.2) is 0 Å². The Kier molecular flexibility index (Phi) is 6.08. The fourth-order valence-electron chi connectivity index (χ4n) is 2.19. The van der Waals surface area contributed by atoms with Crippen molar-refractivity contribution in [2.75, 3.05) is 20.3 Å². The predicted molar refractivity (Wildman–Crippen MR) is 88.6 cm³/mol. The topological polar surface area (TPSA) is 30.5 Å². The van der Waals surface area contributed by atoms with Gasteiger partial charge in [0.2, 0.25) is 0 Å². The third-order valence-electron chi connectivity index (χ3n) is 3.24. The molecule has 0 aliphatic heterocycles. The molecule has 0 aliphatic carbocycles. The van der Waals surface area contributed by atoms with Crippen molar-refractivity contribution < 1.29 is 9.47 Å². The summed E-state index contributed by atoms with van der Waals surface area (Å²) in [7, 11) is 1.71. The van der Waals surface area contributed by atoms with Crippen LogP contribution in [0, 0.1) is 0 Å². The average molecular weight is 305 g/mol. The summed E-state index contributed by atoms with van der Waals surface area (Å²) in [6.07, 6.45) is 1.11. The minimum absolute atomic E-state index is 0.203. The van der Waals surface area contributed by atoms with E-state index in [2.05, 4.69) is 30.4 Å². The summed E-state index contributed by atoms with van der Waals surface area (Å²) < 4.78 is 10.8. The van der Waals surface area contributed by atoms with Gasteiger partial charge in [-0.15, -0.1) is 11.3 Å². The molecule has 3 nitrogen and oxygen atoms in total. The minimum Gasteiger partial charge on any atom is -0.496 e. The highest BCUT2D eigenvalue weighted by molar-refractivity contribution is 7.10. The van der Waals surface area contributed by atoms with Gasteiger partial charge in [-0.05, 0) is 43.7 Å². The van der Waals surface area contributed by atoms with E-state index in [1.54, 1.807) is 18.4 Å². The SMILES string of the molecule is CCCNC(c1ccc(OCC)cc1)c1cc(OC)cs1. The van der Waals surface area contributed by atoms with E-state index < -0.39 is 0 Å². The number of hydrogen-bond donors (Lipinski definition) is 1. The lowest BCUT2D eigenvalue weighted by Crippen LogP contribution is -2.22. The number of thiophene rings is 1. The Morgan fingerprint density at radius 3 is 2.48 bits per heavy atom. The van der Waals surface area contributed by atoms with Crippen molar-refractivity contribution in [1.82, 2.24) is 5.32 Å². The number of rotatable bonds is 8. The Morgan fingerprint density at radius 2 is 1.90 bits per heavy atom. The molecule has 4 heteroatoms. The third-order valence-corrected chi connectivity index (χ3v) is 4.21. The molecule has 1 unspecified atom stereocenters. The maximum Gasteiger partial charge on any atom is 0.129 e. The fraction of sp³-hybridized carbons (Fsp3) is 0.412. The summed E-state index contributed by atoms with van der Waals surface area (Å²) >= 11 is 1.72. The Labute approximate surface area is 130 Å².